The second kappa shape index (κ2) is 9.69. The lowest BCUT2D eigenvalue weighted by Gasteiger charge is -2.09. The van der Waals surface area contributed by atoms with Gasteiger partial charge in [-0.3, -0.25) is 4.79 Å². The van der Waals surface area contributed by atoms with E-state index in [1.54, 1.807) is 47.7 Å². The first-order valence-corrected chi connectivity index (χ1v) is 10.6. The second-order valence-electron chi connectivity index (χ2n) is 7.02. The van der Waals surface area contributed by atoms with Crippen LogP contribution in [0.15, 0.2) is 47.8 Å². The van der Waals surface area contributed by atoms with Crippen molar-refractivity contribution in [2.45, 2.75) is 26.2 Å². The van der Waals surface area contributed by atoms with Crippen LogP contribution in [0.4, 0.5) is 5.69 Å². The fourth-order valence-electron chi connectivity index (χ4n) is 2.81. The average Bonchev–Trinajstić information content (AvgIpc) is 3.18. The number of rotatable bonds is 7. The molecule has 0 bridgehead atoms. The predicted molar refractivity (Wildman–Crippen MR) is 122 cm³/mol. The first-order chi connectivity index (χ1) is 14.3. The molecular weight excluding hydrogens is 420 g/mol. The number of hydrogen-bond acceptors (Lipinski definition) is 4. The highest BCUT2D eigenvalue weighted by molar-refractivity contribution is 7.10. The molecule has 1 aromatic heterocycles. The fourth-order valence-corrected chi connectivity index (χ4v) is 3.87. The smallest absolute Gasteiger partial charge is 0.335 e. The van der Waals surface area contributed by atoms with Crippen molar-refractivity contribution in [1.82, 2.24) is 4.98 Å². The number of nitrogens with one attached hydrogen (secondary N) is 1. The van der Waals surface area contributed by atoms with Gasteiger partial charge in [-0.25, -0.2) is 9.78 Å². The van der Waals surface area contributed by atoms with Gasteiger partial charge < -0.3 is 10.4 Å². The highest BCUT2D eigenvalue weighted by Crippen LogP contribution is 2.25. The second-order valence-corrected chi connectivity index (χ2v) is 8.32. The van der Waals surface area contributed by atoms with E-state index in [0.29, 0.717) is 22.2 Å². The van der Waals surface area contributed by atoms with Gasteiger partial charge in [0.05, 0.1) is 17.7 Å². The van der Waals surface area contributed by atoms with Gasteiger partial charge in [-0.05, 0) is 47.4 Å². The van der Waals surface area contributed by atoms with Crippen molar-refractivity contribution in [3.05, 3.63) is 80.3 Å². The summed E-state index contributed by atoms with van der Waals surface area (Å²) in [7, 11) is 0. The number of carbonyl (C=O) groups is 2. The lowest BCUT2D eigenvalue weighted by atomic mass is 10.0. The summed E-state index contributed by atoms with van der Waals surface area (Å²) in [5, 5.41) is 15.5. The first-order valence-electron chi connectivity index (χ1n) is 9.37. The molecule has 0 unspecified atom stereocenters. The number of aromatic nitrogens is 1. The number of hydrogen-bond donors (Lipinski definition) is 2. The highest BCUT2D eigenvalue weighted by Gasteiger charge is 2.13. The number of thiazole rings is 1. The third kappa shape index (κ3) is 5.55. The molecule has 0 saturated heterocycles. The lowest BCUT2D eigenvalue weighted by Crippen LogP contribution is -2.16. The Hall–Kier alpha value is -2.96. The largest absolute Gasteiger partial charge is 0.478 e. The molecule has 0 radical (unpaired) electrons. The van der Waals surface area contributed by atoms with Crippen LogP contribution in [0, 0.1) is 0 Å². The summed E-state index contributed by atoms with van der Waals surface area (Å²) in [4.78, 5) is 28.3. The Morgan fingerprint density at radius 3 is 2.67 bits per heavy atom. The standard InChI is InChI=1S/C23H21ClN2O3S/c1-14(2)20-13-30-22(26-20)10-7-16-11-17(8-9-19(16)24)25-21(27)12-15-5-3-4-6-18(15)23(28)29/h3-11,13-14H,12H2,1-2H3,(H,25,27)(H,28,29). The van der Waals surface area contributed by atoms with Crippen LogP contribution in [-0.2, 0) is 11.2 Å². The van der Waals surface area contributed by atoms with E-state index in [-0.39, 0.29) is 17.9 Å². The fraction of sp³-hybridized carbons (Fsp3) is 0.174. The molecule has 1 amide bonds. The maximum atomic E-state index is 12.4. The maximum absolute atomic E-state index is 12.4. The van der Waals surface area contributed by atoms with Gasteiger partial charge >= 0.3 is 5.97 Å². The highest BCUT2D eigenvalue weighted by atomic mass is 35.5. The Morgan fingerprint density at radius 2 is 1.97 bits per heavy atom. The molecule has 2 N–H and O–H groups in total. The van der Waals surface area contributed by atoms with E-state index in [2.05, 4.69) is 24.1 Å². The minimum absolute atomic E-state index is 0.0344. The van der Waals surface area contributed by atoms with Crippen LogP contribution in [0.25, 0.3) is 12.2 Å². The van der Waals surface area contributed by atoms with E-state index in [1.165, 1.54) is 6.07 Å². The van der Waals surface area contributed by atoms with Crippen LogP contribution >= 0.6 is 22.9 Å². The number of carboxylic acids is 1. The van der Waals surface area contributed by atoms with Crippen molar-refractivity contribution in [3.63, 3.8) is 0 Å². The quantitative estimate of drug-likeness (QED) is 0.474. The molecule has 2 aromatic carbocycles. The van der Waals surface area contributed by atoms with Crippen molar-refractivity contribution in [2.75, 3.05) is 5.32 Å². The van der Waals surface area contributed by atoms with Gasteiger partial charge in [0.1, 0.15) is 5.01 Å². The van der Waals surface area contributed by atoms with E-state index < -0.39 is 5.97 Å². The van der Waals surface area contributed by atoms with Gasteiger partial charge in [0.15, 0.2) is 0 Å². The molecule has 0 aliphatic heterocycles. The van der Waals surface area contributed by atoms with Crippen LogP contribution in [-0.4, -0.2) is 22.0 Å². The van der Waals surface area contributed by atoms with E-state index in [4.69, 9.17) is 11.6 Å². The Bertz CT molecular complexity index is 1110. The van der Waals surface area contributed by atoms with Gasteiger partial charge in [0.25, 0.3) is 0 Å². The maximum Gasteiger partial charge on any atom is 0.335 e. The molecule has 0 saturated carbocycles. The summed E-state index contributed by atoms with van der Waals surface area (Å²) < 4.78 is 0. The van der Waals surface area contributed by atoms with E-state index in [1.807, 2.05) is 17.5 Å². The van der Waals surface area contributed by atoms with Gasteiger partial charge in [-0.1, -0.05) is 49.7 Å². The summed E-state index contributed by atoms with van der Waals surface area (Å²) in [5.74, 6) is -0.987. The minimum atomic E-state index is -1.06. The summed E-state index contributed by atoms with van der Waals surface area (Å²) in [6.07, 6.45) is 3.72. The van der Waals surface area contributed by atoms with Crippen molar-refractivity contribution in [2.24, 2.45) is 0 Å². The monoisotopic (exact) mass is 440 g/mol. The summed E-state index contributed by atoms with van der Waals surface area (Å²) >= 11 is 7.86. The Morgan fingerprint density at radius 1 is 1.20 bits per heavy atom. The SMILES string of the molecule is CC(C)c1csc(C=Cc2cc(NC(=O)Cc3ccccc3C(=O)O)ccc2Cl)n1. The van der Waals surface area contributed by atoms with Gasteiger partial charge in [0, 0.05) is 16.1 Å². The van der Waals surface area contributed by atoms with Crippen LogP contribution in [0.1, 0.15) is 52.0 Å². The summed E-state index contributed by atoms with van der Waals surface area (Å²) in [6.45, 7) is 4.20. The molecule has 0 atom stereocenters. The lowest BCUT2D eigenvalue weighted by molar-refractivity contribution is -0.115. The zero-order valence-corrected chi connectivity index (χ0v) is 18.1. The minimum Gasteiger partial charge on any atom is -0.478 e. The third-order valence-electron chi connectivity index (χ3n) is 4.42. The Labute approximate surface area is 184 Å². The van der Waals surface area contributed by atoms with Crippen molar-refractivity contribution >= 4 is 52.7 Å². The molecule has 30 heavy (non-hydrogen) atoms. The number of carbonyl (C=O) groups excluding carboxylic acids is 1. The number of halogens is 1. The van der Waals surface area contributed by atoms with Crippen LogP contribution in [0.2, 0.25) is 5.02 Å². The molecule has 0 aliphatic rings. The molecule has 7 heteroatoms. The summed E-state index contributed by atoms with van der Waals surface area (Å²) in [5.41, 5.74) is 2.96. The van der Waals surface area contributed by atoms with E-state index in [9.17, 15) is 14.7 Å². The Kier molecular flexibility index (Phi) is 7.03. The molecule has 3 aromatic rings. The molecule has 3 rings (SSSR count). The topological polar surface area (TPSA) is 79.3 Å². The predicted octanol–water partition coefficient (Wildman–Crippen LogP) is 5.97. The van der Waals surface area contributed by atoms with Crippen LogP contribution in [0.5, 0.6) is 0 Å². The number of anilines is 1. The van der Waals surface area contributed by atoms with Crippen molar-refractivity contribution in [3.8, 4) is 0 Å². The summed E-state index contributed by atoms with van der Waals surface area (Å²) in [6, 6.07) is 11.7. The molecule has 154 valence electrons. The van der Waals surface area contributed by atoms with Crippen LogP contribution < -0.4 is 5.32 Å². The zero-order chi connectivity index (χ0) is 21.7. The number of amides is 1. The van der Waals surface area contributed by atoms with Crippen molar-refractivity contribution in [1.29, 1.82) is 0 Å². The van der Waals surface area contributed by atoms with Gasteiger partial charge in [0.2, 0.25) is 5.91 Å². The zero-order valence-electron chi connectivity index (χ0n) is 16.6. The molecule has 5 nitrogen and oxygen atoms in total. The number of carboxylic acid groups (broad SMARTS) is 1. The molecule has 0 fully saturated rings. The van der Waals surface area contributed by atoms with Gasteiger partial charge in [-0.15, -0.1) is 11.3 Å². The normalized spacial score (nSPS) is 11.2. The number of nitrogens with zero attached hydrogens (tertiary/aromatic N) is 1. The molecule has 0 aliphatic carbocycles. The van der Waals surface area contributed by atoms with Crippen LogP contribution in [0.3, 0.4) is 0 Å². The third-order valence-corrected chi connectivity index (χ3v) is 5.59. The number of benzene rings is 2. The average molecular weight is 441 g/mol. The molecule has 0 spiro atoms. The molecular formula is C23H21ClN2O3S. The Balaban J connectivity index is 1.72. The van der Waals surface area contributed by atoms with Gasteiger partial charge in [-0.2, -0.15) is 0 Å². The van der Waals surface area contributed by atoms with E-state index in [0.717, 1.165) is 16.3 Å². The van der Waals surface area contributed by atoms with E-state index >= 15 is 0 Å². The first kappa shape index (κ1) is 21.7. The van der Waals surface area contributed by atoms with Crippen molar-refractivity contribution < 1.29 is 14.7 Å². The molecule has 1 heterocycles. The number of aromatic carboxylic acids is 1.